The van der Waals surface area contributed by atoms with Gasteiger partial charge in [0.1, 0.15) is 0 Å². The number of nitrogens with one attached hydrogen (secondary N) is 1. The number of carbonyl (C=O) groups is 2. The first kappa shape index (κ1) is 65.3. The number of aliphatic hydroxyl groups is 2. The third kappa shape index (κ3) is 53.5. The van der Waals surface area contributed by atoms with E-state index in [4.69, 9.17) is 4.74 Å². The molecule has 67 heavy (non-hydrogen) atoms. The first-order valence-corrected chi connectivity index (χ1v) is 30.1. The van der Waals surface area contributed by atoms with Crippen molar-refractivity contribution in [2.24, 2.45) is 0 Å². The van der Waals surface area contributed by atoms with E-state index >= 15 is 0 Å². The Labute approximate surface area is 418 Å². The van der Waals surface area contributed by atoms with Crippen LogP contribution < -0.4 is 5.32 Å². The highest BCUT2D eigenvalue weighted by Crippen LogP contribution is 2.17. The number of esters is 1. The van der Waals surface area contributed by atoms with Gasteiger partial charge in [-0.3, -0.25) is 9.59 Å². The summed E-state index contributed by atoms with van der Waals surface area (Å²) in [5.74, 6) is -0.0622. The van der Waals surface area contributed by atoms with Crippen LogP contribution in [0.3, 0.4) is 0 Å². The van der Waals surface area contributed by atoms with Crippen molar-refractivity contribution in [2.45, 2.75) is 341 Å². The highest BCUT2D eigenvalue weighted by atomic mass is 16.5. The van der Waals surface area contributed by atoms with E-state index in [1.54, 1.807) is 6.08 Å². The molecule has 1 amide bonds. The Hall–Kier alpha value is -1.66. The highest BCUT2D eigenvalue weighted by molar-refractivity contribution is 5.76. The fourth-order valence-electron chi connectivity index (χ4n) is 9.34. The molecular formula is C61H117NO5. The van der Waals surface area contributed by atoms with Gasteiger partial charge >= 0.3 is 5.97 Å². The number of rotatable bonds is 56. The van der Waals surface area contributed by atoms with Gasteiger partial charge < -0.3 is 20.3 Å². The molecule has 0 fully saturated rings. The second kappa shape index (κ2) is 56.9. The van der Waals surface area contributed by atoms with E-state index in [0.29, 0.717) is 19.4 Å². The zero-order chi connectivity index (χ0) is 48.6. The van der Waals surface area contributed by atoms with E-state index < -0.39 is 12.1 Å². The van der Waals surface area contributed by atoms with Gasteiger partial charge in [-0.15, -0.1) is 0 Å². The largest absolute Gasteiger partial charge is 0.466 e. The van der Waals surface area contributed by atoms with Crippen molar-refractivity contribution in [3.63, 3.8) is 0 Å². The van der Waals surface area contributed by atoms with Crippen LogP contribution in [0.2, 0.25) is 0 Å². The van der Waals surface area contributed by atoms with Crippen molar-refractivity contribution in [1.29, 1.82) is 0 Å². The van der Waals surface area contributed by atoms with Gasteiger partial charge in [0.2, 0.25) is 5.91 Å². The standard InChI is InChI=1S/C61H117NO5/c1-3-5-7-9-11-13-15-17-29-33-37-41-45-49-53-59(64)58(57-63)62-60(65)54-50-46-42-38-34-30-27-25-23-21-19-20-22-24-26-28-32-36-40-44-48-52-56-67-61(66)55-51-47-43-39-35-31-18-16-14-12-10-8-6-4-2/h21,23,49,53,58-59,63-64H,3-20,22,24-48,50-52,54-57H2,1-2H3,(H,62,65)/b23-21-,53-49+. The van der Waals surface area contributed by atoms with Crippen LogP contribution in [-0.4, -0.2) is 47.4 Å². The van der Waals surface area contributed by atoms with Crippen LogP contribution in [0.4, 0.5) is 0 Å². The molecular weight excluding hydrogens is 827 g/mol. The van der Waals surface area contributed by atoms with Gasteiger partial charge in [-0.25, -0.2) is 0 Å². The first-order chi connectivity index (χ1) is 33.0. The third-order valence-electron chi connectivity index (χ3n) is 14.0. The van der Waals surface area contributed by atoms with Gasteiger partial charge in [0, 0.05) is 12.8 Å². The minimum atomic E-state index is -0.848. The van der Waals surface area contributed by atoms with E-state index in [2.05, 4.69) is 31.3 Å². The molecule has 0 saturated carbocycles. The number of hydrogen-bond acceptors (Lipinski definition) is 5. The molecule has 0 spiro atoms. The quantitative estimate of drug-likeness (QED) is 0.0321. The molecule has 2 atom stereocenters. The van der Waals surface area contributed by atoms with E-state index in [1.807, 2.05) is 6.08 Å². The molecule has 0 aromatic carbocycles. The van der Waals surface area contributed by atoms with Gasteiger partial charge in [-0.1, -0.05) is 282 Å². The van der Waals surface area contributed by atoms with Crippen LogP contribution >= 0.6 is 0 Å². The molecule has 3 N–H and O–H groups in total. The molecule has 0 aliphatic carbocycles. The lowest BCUT2D eigenvalue weighted by Gasteiger charge is -2.20. The number of carbonyl (C=O) groups excluding carboxylic acids is 2. The van der Waals surface area contributed by atoms with Crippen molar-refractivity contribution >= 4 is 11.9 Å². The van der Waals surface area contributed by atoms with Gasteiger partial charge in [-0.2, -0.15) is 0 Å². The number of aliphatic hydroxyl groups excluding tert-OH is 2. The molecule has 0 aromatic rings. The van der Waals surface area contributed by atoms with Crippen LogP contribution in [0.15, 0.2) is 24.3 Å². The molecule has 0 heterocycles. The van der Waals surface area contributed by atoms with Crippen molar-refractivity contribution in [1.82, 2.24) is 5.32 Å². The Morgan fingerprint density at radius 2 is 0.701 bits per heavy atom. The van der Waals surface area contributed by atoms with Crippen molar-refractivity contribution < 1.29 is 24.5 Å². The predicted octanol–water partition coefficient (Wildman–Crippen LogP) is 18.6. The second-order valence-electron chi connectivity index (χ2n) is 20.7. The number of hydrogen-bond donors (Lipinski definition) is 3. The van der Waals surface area contributed by atoms with Crippen molar-refractivity contribution in [3.8, 4) is 0 Å². The third-order valence-corrected chi connectivity index (χ3v) is 14.0. The lowest BCUT2D eigenvalue weighted by molar-refractivity contribution is -0.143. The molecule has 396 valence electrons. The summed E-state index contributed by atoms with van der Waals surface area (Å²) in [5.41, 5.74) is 0. The van der Waals surface area contributed by atoms with E-state index in [9.17, 15) is 19.8 Å². The van der Waals surface area contributed by atoms with Crippen molar-refractivity contribution in [3.05, 3.63) is 24.3 Å². The van der Waals surface area contributed by atoms with Gasteiger partial charge in [0.05, 0.1) is 25.4 Å². The van der Waals surface area contributed by atoms with E-state index in [0.717, 1.165) is 44.9 Å². The summed E-state index contributed by atoms with van der Waals surface area (Å²) in [4.78, 5) is 24.5. The first-order valence-electron chi connectivity index (χ1n) is 30.1. The minimum Gasteiger partial charge on any atom is -0.466 e. The van der Waals surface area contributed by atoms with Crippen LogP contribution in [0, 0.1) is 0 Å². The zero-order valence-corrected chi connectivity index (χ0v) is 45.1. The number of unbranched alkanes of at least 4 members (excludes halogenated alkanes) is 43. The number of allylic oxidation sites excluding steroid dienone is 3. The van der Waals surface area contributed by atoms with Crippen LogP contribution in [-0.2, 0) is 14.3 Å². The summed E-state index contributed by atoms with van der Waals surface area (Å²) in [6, 6.07) is -0.632. The van der Waals surface area contributed by atoms with Gasteiger partial charge in [-0.05, 0) is 57.8 Å². The molecule has 2 unspecified atom stereocenters. The summed E-state index contributed by atoms with van der Waals surface area (Å²) >= 11 is 0. The van der Waals surface area contributed by atoms with Gasteiger partial charge in [0.25, 0.3) is 0 Å². The lowest BCUT2D eigenvalue weighted by Crippen LogP contribution is -2.45. The second-order valence-corrected chi connectivity index (χ2v) is 20.7. The SMILES string of the molecule is CCCCCCCCCCCCCC/C=C/C(O)C(CO)NC(=O)CCCCCCCCC/C=C\CCCCCCCCCCCCCOC(=O)CCCCCCCCCCCCCCCC. The Morgan fingerprint density at radius 1 is 0.403 bits per heavy atom. The molecule has 0 radical (unpaired) electrons. The topological polar surface area (TPSA) is 95.9 Å². The van der Waals surface area contributed by atoms with Crippen molar-refractivity contribution in [2.75, 3.05) is 13.2 Å². The fraction of sp³-hybridized carbons (Fsp3) is 0.902. The molecule has 0 saturated heterocycles. The molecule has 0 aliphatic rings. The summed E-state index contributed by atoms with van der Waals surface area (Å²) in [7, 11) is 0. The van der Waals surface area contributed by atoms with Crippen LogP contribution in [0.1, 0.15) is 328 Å². The Bertz CT molecular complexity index is 1040. The normalized spacial score (nSPS) is 12.7. The Morgan fingerprint density at radius 3 is 1.06 bits per heavy atom. The average molecular weight is 945 g/mol. The summed E-state index contributed by atoms with van der Waals surface area (Å²) in [5, 5.41) is 23.1. The molecule has 6 nitrogen and oxygen atoms in total. The summed E-state index contributed by atoms with van der Waals surface area (Å²) < 4.78 is 5.48. The van der Waals surface area contributed by atoms with Crippen LogP contribution in [0.25, 0.3) is 0 Å². The highest BCUT2D eigenvalue weighted by Gasteiger charge is 2.18. The minimum absolute atomic E-state index is 0.0118. The molecule has 0 rings (SSSR count). The summed E-state index contributed by atoms with van der Waals surface area (Å²) in [6.45, 7) is 4.91. The maximum Gasteiger partial charge on any atom is 0.305 e. The molecule has 0 aromatic heterocycles. The van der Waals surface area contributed by atoms with Gasteiger partial charge in [0.15, 0.2) is 0 Å². The lowest BCUT2D eigenvalue weighted by atomic mass is 10.0. The average Bonchev–Trinajstić information content (AvgIpc) is 3.33. The molecule has 0 aliphatic heterocycles. The summed E-state index contributed by atoms with van der Waals surface area (Å²) in [6.07, 6.45) is 69.2. The Balaban J connectivity index is 3.43. The van der Waals surface area contributed by atoms with E-state index in [1.165, 1.54) is 257 Å². The Kier molecular flexibility index (Phi) is 55.5. The molecule has 6 heteroatoms. The smallest absolute Gasteiger partial charge is 0.305 e. The van der Waals surface area contributed by atoms with E-state index in [-0.39, 0.29) is 18.5 Å². The maximum absolute atomic E-state index is 12.4. The fourth-order valence-corrected chi connectivity index (χ4v) is 9.34. The maximum atomic E-state index is 12.4. The number of ether oxygens (including phenoxy) is 1. The monoisotopic (exact) mass is 944 g/mol. The number of amides is 1. The molecule has 0 bridgehead atoms. The van der Waals surface area contributed by atoms with Crippen LogP contribution in [0.5, 0.6) is 0 Å². The predicted molar refractivity (Wildman–Crippen MR) is 292 cm³/mol. The zero-order valence-electron chi connectivity index (χ0n) is 45.1.